The first-order chi connectivity index (χ1) is 5.42. The molecule has 0 unspecified atom stereocenters. The third-order valence-corrected chi connectivity index (χ3v) is 2.23. The van der Waals surface area contributed by atoms with Crippen LogP contribution in [0.4, 0.5) is 0 Å². The Labute approximate surface area is 70.6 Å². The number of nitrogens with one attached hydrogen (secondary N) is 1. The smallest absolute Gasteiger partial charge is 0.0776 e. The highest BCUT2D eigenvalue weighted by Gasteiger charge is 2.15. The summed E-state index contributed by atoms with van der Waals surface area (Å²) in [6.45, 7) is 1.50. The van der Waals surface area contributed by atoms with Gasteiger partial charge in [-0.15, -0.1) is 0 Å². The normalized spacial score (nSPS) is 16.5. The Morgan fingerprint density at radius 1 is 1.64 bits per heavy atom. The van der Waals surface area contributed by atoms with Gasteiger partial charge in [0.1, 0.15) is 0 Å². The summed E-state index contributed by atoms with van der Waals surface area (Å²) >= 11 is 4.17. The van der Waals surface area contributed by atoms with Gasteiger partial charge < -0.3 is 4.74 Å². The Hall–Kier alpha value is -0.480. The molecule has 0 spiro atoms. The van der Waals surface area contributed by atoms with Crippen molar-refractivity contribution in [1.29, 1.82) is 0 Å². The van der Waals surface area contributed by atoms with Gasteiger partial charge in [-0.05, 0) is 0 Å². The van der Waals surface area contributed by atoms with Crippen molar-refractivity contribution in [3.63, 3.8) is 0 Å². The molecule has 11 heavy (non-hydrogen) atoms. The van der Waals surface area contributed by atoms with E-state index in [9.17, 15) is 0 Å². The molecular weight excluding hydrogens is 160 g/mol. The highest BCUT2D eigenvalue weighted by molar-refractivity contribution is 7.79. The van der Waals surface area contributed by atoms with Gasteiger partial charge in [0.2, 0.25) is 0 Å². The topological polar surface area (TPSA) is 37.9 Å². The summed E-state index contributed by atoms with van der Waals surface area (Å²) in [4.78, 5) is 0. The van der Waals surface area contributed by atoms with Crippen LogP contribution in [-0.4, -0.2) is 16.8 Å². The van der Waals surface area contributed by atoms with Gasteiger partial charge >= 0.3 is 0 Å². The molecule has 0 aliphatic carbocycles. The first-order valence-corrected chi connectivity index (χ1v) is 4.28. The molecule has 1 aromatic rings. The van der Waals surface area contributed by atoms with E-state index >= 15 is 0 Å². The molecule has 0 fully saturated rings. The molecule has 0 radical (unpaired) electrons. The van der Waals surface area contributed by atoms with Crippen molar-refractivity contribution in [2.45, 2.75) is 18.8 Å². The lowest BCUT2D eigenvalue weighted by Crippen LogP contribution is -2.09. The molecule has 0 amide bonds. The summed E-state index contributed by atoms with van der Waals surface area (Å²) in [7, 11) is 0. The molecule has 3 nitrogen and oxygen atoms in total. The van der Waals surface area contributed by atoms with Crippen LogP contribution in [-0.2, 0) is 23.5 Å². The van der Waals surface area contributed by atoms with Crippen LogP contribution in [0.1, 0.15) is 17.0 Å². The number of aromatic amines is 1. The lowest BCUT2D eigenvalue weighted by molar-refractivity contribution is 0.110. The van der Waals surface area contributed by atoms with Crippen LogP contribution in [0.2, 0.25) is 0 Å². The van der Waals surface area contributed by atoms with Crippen LogP contribution in [0.5, 0.6) is 0 Å². The average Bonchev–Trinajstić information content (AvgIpc) is 2.47. The van der Waals surface area contributed by atoms with Crippen LogP contribution in [0.15, 0.2) is 0 Å². The number of ether oxygens (including phenoxy) is 1. The monoisotopic (exact) mass is 170 g/mol. The Morgan fingerprint density at radius 2 is 2.55 bits per heavy atom. The molecule has 0 atom stereocenters. The Kier molecular flexibility index (Phi) is 1.87. The number of nitrogens with zero attached hydrogens (tertiary/aromatic N) is 1. The number of H-pyrrole nitrogens is 1. The Morgan fingerprint density at radius 3 is 3.36 bits per heavy atom. The lowest BCUT2D eigenvalue weighted by atomic mass is 10.1. The van der Waals surface area contributed by atoms with Gasteiger partial charge in [-0.2, -0.15) is 17.7 Å². The molecule has 1 N–H and O–H groups in total. The minimum Gasteiger partial charge on any atom is -0.376 e. The lowest BCUT2D eigenvalue weighted by Gasteiger charge is -2.11. The summed E-state index contributed by atoms with van der Waals surface area (Å²) in [6.07, 6.45) is 0.954. The summed E-state index contributed by atoms with van der Waals surface area (Å²) in [5.41, 5.74) is 3.47. The van der Waals surface area contributed by atoms with E-state index in [1.165, 1.54) is 11.3 Å². The molecule has 2 rings (SSSR count). The molecule has 60 valence electrons. The second-order valence-electron chi connectivity index (χ2n) is 2.59. The highest BCUT2D eigenvalue weighted by atomic mass is 32.1. The first-order valence-electron chi connectivity index (χ1n) is 3.65. The summed E-state index contributed by atoms with van der Waals surface area (Å²) in [5, 5.41) is 7.13. The summed E-state index contributed by atoms with van der Waals surface area (Å²) in [5.74, 6) is 0.690. The zero-order chi connectivity index (χ0) is 7.68. The second-order valence-corrected chi connectivity index (χ2v) is 2.90. The maximum Gasteiger partial charge on any atom is 0.0776 e. The summed E-state index contributed by atoms with van der Waals surface area (Å²) < 4.78 is 5.30. The fraction of sp³-hybridized carbons (Fsp3) is 0.571. The molecule has 4 heteroatoms. The zero-order valence-corrected chi connectivity index (χ0v) is 7.03. The molecule has 0 saturated carbocycles. The minimum absolute atomic E-state index is 0.690. The molecule has 0 bridgehead atoms. The predicted molar refractivity (Wildman–Crippen MR) is 44.6 cm³/mol. The standard InChI is InChI=1S/C7H10N2OS/c11-4-7-5-3-10-2-1-6(5)8-9-7/h11H,1-4H2,(H,8,9). The van der Waals surface area contributed by atoms with E-state index in [0.29, 0.717) is 12.4 Å². The van der Waals surface area contributed by atoms with Crippen LogP contribution in [0, 0.1) is 0 Å². The van der Waals surface area contributed by atoms with Crippen LogP contribution in [0.25, 0.3) is 0 Å². The molecule has 2 heterocycles. The van der Waals surface area contributed by atoms with E-state index < -0.39 is 0 Å². The predicted octanol–water partition coefficient (Wildman–Crippen LogP) is 0.912. The number of rotatable bonds is 1. The minimum atomic E-state index is 0.690. The van der Waals surface area contributed by atoms with Crippen molar-refractivity contribution >= 4 is 12.6 Å². The number of hydrogen-bond acceptors (Lipinski definition) is 3. The van der Waals surface area contributed by atoms with Gasteiger partial charge in [0, 0.05) is 23.4 Å². The van der Waals surface area contributed by atoms with Crippen molar-refractivity contribution in [2.24, 2.45) is 0 Å². The number of thiol groups is 1. The Balaban J connectivity index is 2.38. The fourth-order valence-electron chi connectivity index (χ4n) is 1.30. The number of aromatic nitrogens is 2. The molecule has 1 aromatic heterocycles. The zero-order valence-electron chi connectivity index (χ0n) is 6.13. The molecular formula is C7H10N2OS. The van der Waals surface area contributed by atoms with Crippen molar-refractivity contribution in [3.8, 4) is 0 Å². The number of fused-ring (bicyclic) bond motifs is 1. The summed E-state index contributed by atoms with van der Waals surface area (Å²) in [6, 6.07) is 0. The Bertz CT molecular complexity index is 245. The maximum absolute atomic E-state index is 5.30. The van der Waals surface area contributed by atoms with Crippen LogP contribution < -0.4 is 0 Å². The third kappa shape index (κ3) is 1.16. The van der Waals surface area contributed by atoms with E-state index in [-0.39, 0.29) is 0 Å². The average molecular weight is 170 g/mol. The fourth-order valence-corrected chi connectivity index (χ4v) is 1.56. The molecule has 1 aliphatic rings. The largest absolute Gasteiger partial charge is 0.376 e. The van der Waals surface area contributed by atoms with Gasteiger partial charge in [0.15, 0.2) is 0 Å². The SMILES string of the molecule is SCc1n[nH]c2c1COCC2. The van der Waals surface area contributed by atoms with E-state index in [4.69, 9.17) is 4.74 Å². The molecule has 0 aromatic carbocycles. The number of hydrogen-bond donors (Lipinski definition) is 2. The van der Waals surface area contributed by atoms with Crippen molar-refractivity contribution < 1.29 is 4.74 Å². The van der Waals surface area contributed by atoms with E-state index in [2.05, 4.69) is 22.8 Å². The van der Waals surface area contributed by atoms with Crippen LogP contribution >= 0.6 is 12.6 Å². The highest BCUT2D eigenvalue weighted by Crippen LogP contribution is 2.18. The first kappa shape index (κ1) is 7.18. The quantitative estimate of drug-likeness (QED) is 0.615. The van der Waals surface area contributed by atoms with Gasteiger partial charge in [-0.25, -0.2) is 0 Å². The van der Waals surface area contributed by atoms with Gasteiger partial charge in [-0.1, -0.05) is 0 Å². The van der Waals surface area contributed by atoms with E-state index in [0.717, 1.165) is 18.7 Å². The van der Waals surface area contributed by atoms with Gasteiger partial charge in [0.25, 0.3) is 0 Å². The van der Waals surface area contributed by atoms with Crippen molar-refractivity contribution in [3.05, 3.63) is 17.0 Å². The van der Waals surface area contributed by atoms with E-state index in [1.807, 2.05) is 0 Å². The third-order valence-electron chi connectivity index (χ3n) is 1.93. The van der Waals surface area contributed by atoms with Crippen molar-refractivity contribution in [2.75, 3.05) is 6.61 Å². The van der Waals surface area contributed by atoms with Gasteiger partial charge in [-0.3, -0.25) is 5.10 Å². The molecule has 0 saturated heterocycles. The van der Waals surface area contributed by atoms with Crippen LogP contribution in [0.3, 0.4) is 0 Å². The van der Waals surface area contributed by atoms with Crippen molar-refractivity contribution in [1.82, 2.24) is 10.2 Å². The maximum atomic E-state index is 5.30. The second kappa shape index (κ2) is 2.87. The van der Waals surface area contributed by atoms with E-state index in [1.54, 1.807) is 0 Å². The van der Waals surface area contributed by atoms with Gasteiger partial charge in [0.05, 0.1) is 18.9 Å². The molecule has 1 aliphatic heterocycles.